The zero-order valence-electron chi connectivity index (χ0n) is 7.54. The fraction of sp³-hybridized carbons (Fsp3) is 0. The van der Waals surface area contributed by atoms with Crippen LogP contribution < -0.4 is 5.32 Å². The number of carboxylic acid groups (broad SMARTS) is 1. The summed E-state index contributed by atoms with van der Waals surface area (Å²) >= 11 is 0. The van der Waals surface area contributed by atoms with E-state index in [1.807, 2.05) is 0 Å². The molecule has 0 bridgehead atoms. The van der Waals surface area contributed by atoms with Crippen molar-refractivity contribution < 1.29 is 14.3 Å². The molecule has 2 aromatic heterocycles. The van der Waals surface area contributed by atoms with Gasteiger partial charge in [0.05, 0.1) is 6.20 Å². The second-order valence-corrected chi connectivity index (χ2v) is 2.70. The van der Waals surface area contributed by atoms with Gasteiger partial charge in [0.15, 0.2) is 12.2 Å². The Morgan fingerprint density at radius 2 is 2.33 bits per heavy atom. The lowest BCUT2D eigenvalue weighted by Crippen LogP contribution is -2.08. The molecule has 2 heterocycles. The van der Waals surface area contributed by atoms with E-state index in [0.717, 1.165) is 0 Å². The fourth-order valence-corrected chi connectivity index (χ4v) is 1.09. The van der Waals surface area contributed by atoms with Crippen LogP contribution in [-0.4, -0.2) is 21.2 Å². The molecule has 0 aliphatic carbocycles. The first-order valence-corrected chi connectivity index (χ1v) is 4.11. The zero-order valence-corrected chi connectivity index (χ0v) is 7.54. The molecule has 0 radical (unpaired) electrons. The summed E-state index contributed by atoms with van der Waals surface area (Å²) in [7, 11) is 0. The third-order valence-corrected chi connectivity index (χ3v) is 1.67. The number of hydrogen-bond acceptors (Lipinski definition) is 4. The lowest BCUT2D eigenvalue weighted by atomic mass is 10.3. The lowest BCUT2D eigenvalue weighted by Gasteiger charge is -2.00. The van der Waals surface area contributed by atoms with Crippen molar-refractivity contribution in [1.82, 2.24) is 9.97 Å². The highest BCUT2D eigenvalue weighted by Crippen LogP contribution is 2.17. The Balaban J connectivity index is 2.31. The minimum absolute atomic E-state index is 0.247. The van der Waals surface area contributed by atoms with Crippen LogP contribution >= 0.6 is 0 Å². The molecular formula is C9H7N3O3. The third kappa shape index (κ3) is 2.11. The first-order valence-electron chi connectivity index (χ1n) is 4.11. The van der Waals surface area contributed by atoms with Gasteiger partial charge in [0.1, 0.15) is 11.5 Å². The highest BCUT2D eigenvalue weighted by molar-refractivity contribution is 5.81. The van der Waals surface area contributed by atoms with Gasteiger partial charge in [0.2, 0.25) is 0 Å². The van der Waals surface area contributed by atoms with Crippen molar-refractivity contribution in [2.24, 2.45) is 0 Å². The van der Waals surface area contributed by atoms with Crippen molar-refractivity contribution in [3.63, 3.8) is 0 Å². The molecule has 2 rings (SSSR count). The number of amides is 1. The molecule has 6 nitrogen and oxygen atoms in total. The Labute approximate surface area is 84.6 Å². The standard InChI is InChI=1S/C9H7N3O3/c13-9(14)12-8-3-1-2-6(11-8)7-4-10-5-15-7/h1-5H,(H,11,12)(H,13,14). The summed E-state index contributed by atoms with van der Waals surface area (Å²) in [5, 5.41) is 10.7. The van der Waals surface area contributed by atoms with Gasteiger partial charge in [-0.05, 0) is 12.1 Å². The van der Waals surface area contributed by atoms with Crippen LogP contribution in [0.3, 0.4) is 0 Å². The van der Waals surface area contributed by atoms with Crippen LogP contribution in [0, 0.1) is 0 Å². The van der Waals surface area contributed by atoms with Gasteiger partial charge in [-0.1, -0.05) is 6.07 Å². The smallest absolute Gasteiger partial charge is 0.410 e. The molecule has 1 amide bonds. The first-order chi connectivity index (χ1) is 7.25. The molecule has 0 atom stereocenters. The SMILES string of the molecule is O=C(O)Nc1cccc(-c2cnco2)n1. The molecule has 15 heavy (non-hydrogen) atoms. The molecule has 0 saturated carbocycles. The summed E-state index contributed by atoms with van der Waals surface area (Å²) in [6.07, 6.45) is 1.64. The van der Waals surface area contributed by atoms with Crippen molar-refractivity contribution in [2.45, 2.75) is 0 Å². The Bertz CT molecular complexity index is 467. The second-order valence-electron chi connectivity index (χ2n) is 2.70. The number of carbonyl (C=O) groups is 1. The number of nitrogens with zero attached hydrogens (tertiary/aromatic N) is 2. The van der Waals surface area contributed by atoms with E-state index >= 15 is 0 Å². The van der Waals surface area contributed by atoms with Crippen molar-refractivity contribution >= 4 is 11.9 Å². The van der Waals surface area contributed by atoms with Gasteiger partial charge in [-0.15, -0.1) is 0 Å². The van der Waals surface area contributed by atoms with E-state index in [1.54, 1.807) is 18.2 Å². The Morgan fingerprint density at radius 1 is 1.47 bits per heavy atom. The fourth-order valence-electron chi connectivity index (χ4n) is 1.09. The number of anilines is 1. The van der Waals surface area contributed by atoms with Crippen LogP contribution in [0.4, 0.5) is 10.6 Å². The summed E-state index contributed by atoms with van der Waals surface area (Å²) in [5.74, 6) is 0.737. The second kappa shape index (κ2) is 3.79. The van der Waals surface area contributed by atoms with E-state index in [0.29, 0.717) is 11.5 Å². The Hall–Kier alpha value is -2.37. The summed E-state index contributed by atoms with van der Waals surface area (Å²) in [5.41, 5.74) is 0.527. The van der Waals surface area contributed by atoms with Gasteiger partial charge in [0.25, 0.3) is 0 Å². The summed E-state index contributed by atoms with van der Waals surface area (Å²) < 4.78 is 5.03. The van der Waals surface area contributed by atoms with Gasteiger partial charge in [-0.3, -0.25) is 5.32 Å². The van der Waals surface area contributed by atoms with Crippen LogP contribution in [0.1, 0.15) is 0 Å². The van der Waals surface area contributed by atoms with Gasteiger partial charge in [-0.2, -0.15) is 0 Å². The maximum Gasteiger partial charge on any atom is 0.410 e. The van der Waals surface area contributed by atoms with Crippen LogP contribution in [0.25, 0.3) is 11.5 Å². The van der Waals surface area contributed by atoms with Crippen molar-refractivity contribution in [1.29, 1.82) is 0 Å². The molecule has 2 N–H and O–H groups in total. The normalized spacial score (nSPS) is 9.87. The summed E-state index contributed by atoms with van der Waals surface area (Å²) in [6, 6.07) is 4.93. The Kier molecular flexibility index (Phi) is 2.32. The van der Waals surface area contributed by atoms with E-state index in [-0.39, 0.29) is 5.82 Å². The van der Waals surface area contributed by atoms with Gasteiger partial charge >= 0.3 is 6.09 Å². The van der Waals surface area contributed by atoms with Crippen LogP contribution in [0.15, 0.2) is 35.2 Å². The highest BCUT2D eigenvalue weighted by Gasteiger charge is 2.05. The van der Waals surface area contributed by atoms with Crippen LogP contribution in [0.5, 0.6) is 0 Å². The van der Waals surface area contributed by atoms with E-state index in [9.17, 15) is 4.79 Å². The molecule has 0 aliphatic rings. The highest BCUT2D eigenvalue weighted by atomic mass is 16.4. The molecule has 0 unspecified atom stereocenters. The predicted molar refractivity (Wildman–Crippen MR) is 51.4 cm³/mol. The molecule has 0 aliphatic heterocycles. The number of nitrogens with one attached hydrogen (secondary N) is 1. The largest absolute Gasteiger partial charge is 0.465 e. The minimum Gasteiger partial charge on any atom is -0.465 e. The van der Waals surface area contributed by atoms with E-state index < -0.39 is 6.09 Å². The van der Waals surface area contributed by atoms with Crippen LogP contribution in [0.2, 0.25) is 0 Å². The monoisotopic (exact) mass is 205 g/mol. The van der Waals surface area contributed by atoms with E-state index in [2.05, 4.69) is 15.3 Å². The summed E-state index contributed by atoms with van der Waals surface area (Å²) in [6.45, 7) is 0. The van der Waals surface area contributed by atoms with Crippen molar-refractivity contribution in [3.8, 4) is 11.5 Å². The number of oxazole rings is 1. The molecule has 0 aromatic carbocycles. The van der Waals surface area contributed by atoms with Gasteiger partial charge in [-0.25, -0.2) is 14.8 Å². The maximum atomic E-state index is 10.4. The molecule has 0 spiro atoms. The van der Waals surface area contributed by atoms with Gasteiger partial charge < -0.3 is 9.52 Å². The maximum absolute atomic E-state index is 10.4. The van der Waals surface area contributed by atoms with Gasteiger partial charge in [0, 0.05) is 0 Å². The van der Waals surface area contributed by atoms with Crippen molar-refractivity contribution in [2.75, 3.05) is 5.32 Å². The quantitative estimate of drug-likeness (QED) is 0.780. The molecule has 6 heteroatoms. The average molecular weight is 205 g/mol. The summed E-state index contributed by atoms with van der Waals surface area (Å²) in [4.78, 5) is 18.2. The average Bonchev–Trinajstić information content (AvgIpc) is 2.69. The molecule has 0 fully saturated rings. The van der Waals surface area contributed by atoms with Crippen LogP contribution in [-0.2, 0) is 0 Å². The molecule has 0 saturated heterocycles. The number of hydrogen-bond donors (Lipinski definition) is 2. The third-order valence-electron chi connectivity index (χ3n) is 1.67. The predicted octanol–water partition coefficient (Wildman–Crippen LogP) is 1.83. The Morgan fingerprint density at radius 3 is 3.00 bits per heavy atom. The zero-order chi connectivity index (χ0) is 10.7. The number of pyridine rings is 1. The lowest BCUT2D eigenvalue weighted by molar-refractivity contribution is 0.209. The number of rotatable bonds is 2. The molecule has 76 valence electrons. The molecule has 2 aromatic rings. The molecular weight excluding hydrogens is 198 g/mol. The topological polar surface area (TPSA) is 88.2 Å². The van der Waals surface area contributed by atoms with E-state index in [4.69, 9.17) is 9.52 Å². The first kappa shape index (κ1) is 9.20. The minimum atomic E-state index is -1.16. The van der Waals surface area contributed by atoms with E-state index in [1.165, 1.54) is 12.6 Å². The van der Waals surface area contributed by atoms with Crippen molar-refractivity contribution in [3.05, 3.63) is 30.8 Å². The number of aromatic nitrogens is 2.